The quantitative estimate of drug-likeness (QED) is 0.724. The van der Waals surface area contributed by atoms with E-state index in [0.29, 0.717) is 6.61 Å². The topological polar surface area (TPSA) is 51.4 Å². The second-order valence-electron chi connectivity index (χ2n) is 5.97. The first-order valence-corrected chi connectivity index (χ1v) is 8.93. The maximum atomic E-state index is 5.88. The van der Waals surface area contributed by atoms with E-state index in [4.69, 9.17) is 9.26 Å². The number of ether oxygens (including phenoxy) is 1. The molecule has 5 nitrogen and oxygen atoms in total. The predicted molar refractivity (Wildman–Crippen MR) is 92.8 cm³/mol. The predicted octanol–water partition coefficient (Wildman–Crippen LogP) is 3.68. The Bertz CT molecular complexity index is 799. The Labute approximate surface area is 144 Å². The molecule has 0 bridgehead atoms. The SMILES string of the molecule is Cc1csc([C@H]2CN(Cc3cc(-c4ccccc4)no3)CCO2)n1. The lowest BCUT2D eigenvalue weighted by Gasteiger charge is -2.31. The smallest absolute Gasteiger partial charge is 0.151 e. The third-order valence-corrected chi connectivity index (χ3v) is 5.13. The van der Waals surface area contributed by atoms with Gasteiger partial charge in [-0.15, -0.1) is 11.3 Å². The third kappa shape index (κ3) is 3.40. The van der Waals surface area contributed by atoms with E-state index in [1.165, 1.54) is 0 Å². The molecular formula is C18H19N3O2S. The standard InChI is InChI=1S/C18H19N3O2S/c1-13-12-24-18(19-13)17-11-21(7-8-22-17)10-15-9-16(20-23-15)14-5-3-2-4-6-14/h2-6,9,12,17H,7-8,10-11H2,1H3/t17-/m1/s1. The molecule has 2 aromatic heterocycles. The summed E-state index contributed by atoms with van der Waals surface area (Å²) in [6, 6.07) is 12.1. The van der Waals surface area contributed by atoms with Crippen molar-refractivity contribution < 1.29 is 9.26 Å². The Kier molecular flexibility index (Phi) is 4.42. The summed E-state index contributed by atoms with van der Waals surface area (Å²) in [5.41, 5.74) is 3.01. The normalized spacial score (nSPS) is 18.8. The highest BCUT2D eigenvalue weighted by atomic mass is 32.1. The Morgan fingerprint density at radius 3 is 2.96 bits per heavy atom. The van der Waals surface area contributed by atoms with Crippen molar-refractivity contribution in [3.8, 4) is 11.3 Å². The van der Waals surface area contributed by atoms with E-state index in [9.17, 15) is 0 Å². The molecule has 1 saturated heterocycles. The van der Waals surface area contributed by atoms with Crippen LogP contribution in [0.2, 0.25) is 0 Å². The van der Waals surface area contributed by atoms with Crippen LogP contribution < -0.4 is 0 Å². The van der Waals surface area contributed by atoms with E-state index < -0.39 is 0 Å². The molecule has 1 fully saturated rings. The summed E-state index contributed by atoms with van der Waals surface area (Å²) in [6.07, 6.45) is 0.0500. The van der Waals surface area contributed by atoms with Gasteiger partial charge in [-0.2, -0.15) is 0 Å². The van der Waals surface area contributed by atoms with Gasteiger partial charge in [0.25, 0.3) is 0 Å². The Hall–Kier alpha value is -2.02. The van der Waals surface area contributed by atoms with E-state index in [-0.39, 0.29) is 6.10 Å². The minimum absolute atomic E-state index is 0.0500. The van der Waals surface area contributed by atoms with Crippen molar-refractivity contribution >= 4 is 11.3 Å². The Balaban J connectivity index is 1.43. The maximum absolute atomic E-state index is 5.88. The molecule has 4 rings (SSSR count). The average Bonchev–Trinajstić information content (AvgIpc) is 3.25. The number of aryl methyl sites for hydroxylation is 1. The zero-order valence-electron chi connectivity index (χ0n) is 13.5. The molecule has 1 aliphatic heterocycles. The number of thiazole rings is 1. The van der Waals surface area contributed by atoms with Gasteiger partial charge >= 0.3 is 0 Å². The molecule has 0 amide bonds. The highest BCUT2D eigenvalue weighted by molar-refractivity contribution is 7.09. The molecule has 3 heterocycles. The Morgan fingerprint density at radius 1 is 1.29 bits per heavy atom. The maximum Gasteiger partial charge on any atom is 0.151 e. The van der Waals surface area contributed by atoms with Crippen LogP contribution in [0.3, 0.4) is 0 Å². The summed E-state index contributed by atoms with van der Waals surface area (Å²) in [5.74, 6) is 0.879. The second kappa shape index (κ2) is 6.84. The summed E-state index contributed by atoms with van der Waals surface area (Å²) < 4.78 is 11.4. The van der Waals surface area contributed by atoms with Crippen LogP contribution in [0.15, 0.2) is 46.3 Å². The van der Waals surface area contributed by atoms with E-state index in [2.05, 4.69) is 20.4 Å². The van der Waals surface area contributed by atoms with Gasteiger partial charge in [-0.3, -0.25) is 4.90 Å². The lowest BCUT2D eigenvalue weighted by Crippen LogP contribution is -2.37. The number of morpholine rings is 1. The first-order chi connectivity index (χ1) is 11.8. The van der Waals surface area contributed by atoms with E-state index in [0.717, 1.165) is 47.4 Å². The van der Waals surface area contributed by atoms with E-state index >= 15 is 0 Å². The molecule has 0 N–H and O–H groups in total. The van der Waals surface area contributed by atoms with Crippen molar-refractivity contribution in [2.24, 2.45) is 0 Å². The third-order valence-electron chi connectivity index (χ3n) is 4.07. The molecule has 1 atom stereocenters. The second-order valence-corrected chi connectivity index (χ2v) is 6.86. The van der Waals surface area contributed by atoms with Gasteiger partial charge < -0.3 is 9.26 Å². The summed E-state index contributed by atoms with van der Waals surface area (Å²) in [7, 11) is 0. The lowest BCUT2D eigenvalue weighted by atomic mass is 10.1. The van der Waals surface area contributed by atoms with Gasteiger partial charge in [0, 0.05) is 35.8 Å². The fraction of sp³-hybridized carbons (Fsp3) is 0.333. The molecule has 0 spiro atoms. The van der Waals surface area contributed by atoms with Gasteiger partial charge in [0.15, 0.2) is 5.76 Å². The highest BCUT2D eigenvalue weighted by Crippen LogP contribution is 2.26. The first kappa shape index (κ1) is 15.5. The molecule has 0 saturated carbocycles. The highest BCUT2D eigenvalue weighted by Gasteiger charge is 2.25. The molecule has 1 aromatic carbocycles. The van der Waals surface area contributed by atoms with Crippen molar-refractivity contribution in [2.75, 3.05) is 19.7 Å². The van der Waals surface area contributed by atoms with Gasteiger partial charge in [0.05, 0.1) is 13.2 Å². The van der Waals surface area contributed by atoms with Gasteiger partial charge in [0.2, 0.25) is 0 Å². The zero-order chi connectivity index (χ0) is 16.4. The van der Waals surface area contributed by atoms with Gasteiger partial charge in [-0.25, -0.2) is 4.98 Å². The first-order valence-electron chi connectivity index (χ1n) is 8.05. The fourth-order valence-corrected chi connectivity index (χ4v) is 3.70. The van der Waals surface area contributed by atoms with Gasteiger partial charge in [0.1, 0.15) is 16.8 Å². The number of hydrogen-bond acceptors (Lipinski definition) is 6. The van der Waals surface area contributed by atoms with Crippen LogP contribution in [-0.2, 0) is 11.3 Å². The Morgan fingerprint density at radius 2 is 2.17 bits per heavy atom. The minimum atomic E-state index is 0.0500. The average molecular weight is 341 g/mol. The van der Waals surface area contributed by atoms with Crippen LogP contribution in [0.1, 0.15) is 22.6 Å². The van der Waals surface area contributed by atoms with Gasteiger partial charge in [-0.1, -0.05) is 35.5 Å². The molecule has 24 heavy (non-hydrogen) atoms. The van der Waals surface area contributed by atoms with Crippen LogP contribution in [0.5, 0.6) is 0 Å². The largest absolute Gasteiger partial charge is 0.368 e. The molecule has 6 heteroatoms. The van der Waals surface area contributed by atoms with Crippen molar-refractivity contribution in [2.45, 2.75) is 19.6 Å². The molecule has 0 unspecified atom stereocenters. The monoisotopic (exact) mass is 341 g/mol. The van der Waals surface area contributed by atoms with Crippen LogP contribution in [-0.4, -0.2) is 34.7 Å². The van der Waals surface area contributed by atoms with Crippen LogP contribution in [0.25, 0.3) is 11.3 Å². The molecule has 0 radical (unpaired) electrons. The summed E-state index contributed by atoms with van der Waals surface area (Å²) in [4.78, 5) is 6.88. The van der Waals surface area contributed by atoms with E-state index in [1.807, 2.05) is 43.3 Å². The van der Waals surface area contributed by atoms with Crippen molar-refractivity contribution in [3.05, 3.63) is 58.2 Å². The number of nitrogens with zero attached hydrogens (tertiary/aromatic N) is 3. The molecular weight excluding hydrogens is 322 g/mol. The summed E-state index contributed by atoms with van der Waals surface area (Å²) >= 11 is 1.67. The summed E-state index contributed by atoms with van der Waals surface area (Å²) in [5, 5.41) is 7.31. The summed E-state index contributed by atoms with van der Waals surface area (Å²) in [6.45, 7) is 5.18. The number of rotatable bonds is 4. The fourth-order valence-electron chi connectivity index (χ4n) is 2.87. The van der Waals surface area contributed by atoms with Crippen molar-refractivity contribution in [3.63, 3.8) is 0 Å². The number of hydrogen-bond donors (Lipinski definition) is 0. The van der Waals surface area contributed by atoms with Crippen molar-refractivity contribution in [1.29, 1.82) is 0 Å². The molecule has 0 aliphatic carbocycles. The van der Waals surface area contributed by atoms with Gasteiger partial charge in [-0.05, 0) is 6.92 Å². The van der Waals surface area contributed by atoms with Crippen LogP contribution in [0.4, 0.5) is 0 Å². The zero-order valence-corrected chi connectivity index (χ0v) is 14.3. The molecule has 3 aromatic rings. The molecule has 124 valence electrons. The number of aromatic nitrogens is 2. The minimum Gasteiger partial charge on any atom is -0.368 e. The van der Waals surface area contributed by atoms with Crippen LogP contribution >= 0.6 is 11.3 Å². The number of benzene rings is 1. The van der Waals surface area contributed by atoms with E-state index in [1.54, 1.807) is 11.3 Å². The van der Waals surface area contributed by atoms with Crippen LogP contribution in [0, 0.1) is 6.92 Å². The molecule has 1 aliphatic rings. The van der Waals surface area contributed by atoms with Crippen molar-refractivity contribution in [1.82, 2.24) is 15.0 Å². The lowest BCUT2D eigenvalue weighted by molar-refractivity contribution is -0.0352.